The van der Waals surface area contributed by atoms with Crippen LogP contribution in [0.25, 0.3) is 0 Å². The van der Waals surface area contributed by atoms with Gasteiger partial charge in [0.1, 0.15) is 18.5 Å². The Morgan fingerprint density at radius 2 is 2.24 bits per heavy atom. The monoisotopic (exact) mass is 348 g/mol. The maximum atomic E-state index is 12.0. The van der Waals surface area contributed by atoms with Crippen molar-refractivity contribution in [3.05, 3.63) is 36.0 Å². The molecule has 1 saturated heterocycles. The van der Waals surface area contributed by atoms with Crippen LogP contribution in [-0.4, -0.2) is 42.1 Å². The summed E-state index contributed by atoms with van der Waals surface area (Å²) >= 11 is 0. The summed E-state index contributed by atoms with van der Waals surface area (Å²) in [5.74, 6) is -1.78. The Hall–Kier alpha value is -2.21. The molecule has 0 saturated carbocycles. The summed E-state index contributed by atoms with van der Waals surface area (Å²) < 4.78 is 10.9. The van der Waals surface area contributed by atoms with Crippen molar-refractivity contribution in [2.45, 2.75) is 44.8 Å². The zero-order valence-electron chi connectivity index (χ0n) is 14.4. The second kappa shape index (κ2) is 8.25. The van der Waals surface area contributed by atoms with Gasteiger partial charge in [0, 0.05) is 24.2 Å². The highest BCUT2D eigenvalue weighted by molar-refractivity contribution is 5.91. The second-order valence-electron chi connectivity index (χ2n) is 6.68. The van der Waals surface area contributed by atoms with Crippen molar-refractivity contribution in [3.8, 4) is 0 Å². The first-order valence-electron chi connectivity index (χ1n) is 8.38. The second-order valence-corrected chi connectivity index (χ2v) is 6.68. The van der Waals surface area contributed by atoms with Gasteiger partial charge in [0.05, 0.1) is 5.92 Å². The Kier molecular flexibility index (Phi) is 6.31. The summed E-state index contributed by atoms with van der Waals surface area (Å²) in [6.07, 6.45) is 3.17. The number of carbonyl (C=O) groups excluding carboxylic acids is 3. The van der Waals surface area contributed by atoms with Crippen molar-refractivity contribution in [1.82, 2.24) is 0 Å². The van der Waals surface area contributed by atoms with Crippen LogP contribution in [0.4, 0.5) is 0 Å². The van der Waals surface area contributed by atoms with Crippen LogP contribution in [0.2, 0.25) is 0 Å². The number of aliphatic hydroxyl groups is 1. The van der Waals surface area contributed by atoms with Crippen LogP contribution in [0.5, 0.6) is 0 Å². The molecule has 0 bridgehead atoms. The molecule has 2 rings (SSSR count). The number of aliphatic hydroxyl groups excluding tert-OH is 1. The minimum absolute atomic E-state index is 0.0793. The average Bonchev–Trinajstić information content (AvgIpc) is 2.85. The molecule has 1 aliphatic carbocycles. The fourth-order valence-corrected chi connectivity index (χ4v) is 3.31. The molecule has 1 aliphatic heterocycles. The minimum Gasteiger partial charge on any atom is -0.458 e. The van der Waals surface area contributed by atoms with E-state index < -0.39 is 30.1 Å². The Morgan fingerprint density at radius 1 is 1.52 bits per heavy atom. The molecule has 0 unspecified atom stereocenters. The normalized spacial score (nSPS) is 32.0. The molecular formula is C19H24O6. The molecule has 0 aromatic heterocycles. The standard InChI is InChI=1S/C19H24O6/c1-11(2)18(22)24-15-7-13(9-20)5-4-6-14(10-21)8-16-17(15)12(3)19(23)25-16/h6,10,13,15-17,20H,1,3-5,7-9H2,2H3/b14-6+/t13-,15-,16-,17-/m1/s1. The highest BCUT2D eigenvalue weighted by Gasteiger charge is 2.46. The van der Waals surface area contributed by atoms with Gasteiger partial charge in [-0.05, 0) is 37.7 Å². The first-order valence-corrected chi connectivity index (χ1v) is 8.38. The van der Waals surface area contributed by atoms with E-state index in [1.165, 1.54) is 0 Å². The highest BCUT2D eigenvalue weighted by atomic mass is 16.6. The third kappa shape index (κ3) is 4.45. The largest absolute Gasteiger partial charge is 0.458 e. The summed E-state index contributed by atoms with van der Waals surface area (Å²) in [7, 11) is 0. The zero-order valence-corrected chi connectivity index (χ0v) is 14.4. The number of aldehydes is 1. The van der Waals surface area contributed by atoms with Crippen LogP contribution in [-0.2, 0) is 23.9 Å². The molecule has 0 spiro atoms. The Labute approximate surface area is 147 Å². The van der Waals surface area contributed by atoms with Crippen molar-refractivity contribution in [2.24, 2.45) is 11.8 Å². The van der Waals surface area contributed by atoms with Gasteiger partial charge >= 0.3 is 11.9 Å². The molecular weight excluding hydrogens is 324 g/mol. The van der Waals surface area contributed by atoms with E-state index in [1.54, 1.807) is 6.92 Å². The number of allylic oxidation sites excluding steroid dienone is 1. The topological polar surface area (TPSA) is 89.9 Å². The van der Waals surface area contributed by atoms with E-state index in [-0.39, 0.29) is 30.1 Å². The fraction of sp³-hybridized carbons (Fsp3) is 0.526. The molecule has 6 heteroatoms. The van der Waals surface area contributed by atoms with Crippen molar-refractivity contribution >= 4 is 18.2 Å². The van der Waals surface area contributed by atoms with Gasteiger partial charge in [-0.15, -0.1) is 0 Å². The van der Waals surface area contributed by atoms with Crippen LogP contribution >= 0.6 is 0 Å². The third-order valence-electron chi connectivity index (χ3n) is 4.72. The van der Waals surface area contributed by atoms with Gasteiger partial charge in [-0.3, -0.25) is 4.79 Å². The van der Waals surface area contributed by atoms with Crippen molar-refractivity contribution < 1.29 is 29.0 Å². The fourth-order valence-electron chi connectivity index (χ4n) is 3.31. The highest BCUT2D eigenvalue weighted by Crippen LogP contribution is 2.38. The predicted molar refractivity (Wildman–Crippen MR) is 90.4 cm³/mol. The van der Waals surface area contributed by atoms with Gasteiger partial charge in [0.25, 0.3) is 0 Å². The van der Waals surface area contributed by atoms with E-state index >= 15 is 0 Å². The Bertz CT molecular complexity index is 617. The van der Waals surface area contributed by atoms with Gasteiger partial charge in [0.15, 0.2) is 0 Å². The quantitative estimate of drug-likeness (QED) is 0.474. The molecule has 0 aromatic carbocycles. The number of hydrogen-bond acceptors (Lipinski definition) is 6. The molecule has 136 valence electrons. The van der Waals surface area contributed by atoms with Crippen LogP contribution < -0.4 is 0 Å². The molecule has 6 nitrogen and oxygen atoms in total. The van der Waals surface area contributed by atoms with Gasteiger partial charge in [-0.1, -0.05) is 19.2 Å². The Morgan fingerprint density at radius 3 is 2.84 bits per heavy atom. The van der Waals surface area contributed by atoms with Gasteiger partial charge in [0.2, 0.25) is 0 Å². The molecule has 1 fully saturated rings. The summed E-state index contributed by atoms with van der Waals surface area (Å²) in [6.45, 7) is 8.84. The SMILES string of the molecule is C=C(C)C(=O)O[C@@H]1C[C@H](CO)CC/C=C(/C=O)C[C@H]2OC(=O)C(=C)[C@H]12. The van der Waals surface area contributed by atoms with Crippen molar-refractivity contribution in [1.29, 1.82) is 0 Å². The number of ether oxygens (including phenoxy) is 2. The van der Waals surface area contributed by atoms with E-state index in [4.69, 9.17) is 9.47 Å². The van der Waals surface area contributed by atoms with Crippen LogP contribution in [0.15, 0.2) is 36.0 Å². The smallest absolute Gasteiger partial charge is 0.334 e. The molecule has 0 radical (unpaired) electrons. The summed E-state index contributed by atoms with van der Waals surface area (Å²) in [4.78, 5) is 35.4. The van der Waals surface area contributed by atoms with E-state index in [2.05, 4.69) is 13.2 Å². The van der Waals surface area contributed by atoms with Crippen molar-refractivity contribution in [3.63, 3.8) is 0 Å². The molecule has 25 heavy (non-hydrogen) atoms. The maximum Gasteiger partial charge on any atom is 0.334 e. The first kappa shape index (κ1) is 19.1. The lowest BCUT2D eigenvalue weighted by Gasteiger charge is -2.30. The average molecular weight is 348 g/mol. The molecule has 2 aliphatic rings. The predicted octanol–water partition coefficient (Wildman–Crippen LogP) is 1.88. The number of rotatable bonds is 4. The number of carbonyl (C=O) groups is 3. The van der Waals surface area contributed by atoms with E-state index in [9.17, 15) is 19.5 Å². The number of fused-ring (bicyclic) bond motifs is 1. The molecule has 0 aromatic rings. The van der Waals surface area contributed by atoms with Gasteiger partial charge in [-0.25, -0.2) is 9.59 Å². The lowest BCUT2D eigenvalue weighted by Crippen LogP contribution is -2.36. The maximum absolute atomic E-state index is 12.0. The van der Waals surface area contributed by atoms with Crippen LogP contribution in [0, 0.1) is 11.8 Å². The lowest BCUT2D eigenvalue weighted by atomic mass is 9.81. The summed E-state index contributed by atoms with van der Waals surface area (Å²) in [5.41, 5.74) is 1.01. The van der Waals surface area contributed by atoms with E-state index in [0.717, 1.165) is 6.29 Å². The van der Waals surface area contributed by atoms with E-state index in [0.29, 0.717) is 24.8 Å². The molecule has 4 atom stereocenters. The van der Waals surface area contributed by atoms with Gasteiger partial charge < -0.3 is 14.6 Å². The summed E-state index contributed by atoms with van der Waals surface area (Å²) in [5, 5.41) is 9.64. The Balaban J connectivity index is 2.38. The first-order chi connectivity index (χ1) is 11.9. The summed E-state index contributed by atoms with van der Waals surface area (Å²) in [6, 6.07) is 0. The number of esters is 2. The van der Waals surface area contributed by atoms with Gasteiger partial charge in [-0.2, -0.15) is 0 Å². The van der Waals surface area contributed by atoms with Crippen molar-refractivity contribution in [2.75, 3.05) is 6.61 Å². The number of hydrogen-bond donors (Lipinski definition) is 1. The van der Waals surface area contributed by atoms with Crippen LogP contribution in [0.3, 0.4) is 0 Å². The molecule has 1 heterocycles. The lowest BCUT2D eigenvalue weighted by molar-refractivity contribution is -0.149. The zero-order chi connectivity index (χ0) is 18.6. The van der Waals surface area contributed by atoms with Crippen LogP contribution in [0.1, 0.15) is 32.6 Å². The molecule has 1 N–H and O–H groups in total. The minimum atomic E-state index is -0.670. The third-order valence-corrected chi connectivity index (χ3v) is 4.72. The van der Waals surface area contributed by atoms with E-state index in [1.807, 2.05) is 6.08 Å². The molecule has 0 amide bonds.